The lowest BCUT2D eigenvalue weighted by molar-refractivity contribution is 0.0180. The van der Waals surface area contributed by atoms with E-state index < -0.39 is 11.9 Å². The first-order valence-corrected chi connectivity index (χ1v) is 17.9. The third-order valence-electron chi connectivity index (χ3n) is 9.54. The van der Waals surface area contributed by atoms with Gasteiger partial charge in [0.1, 0.15) is 24.7 Å². The summed E-state index contributed by atoms with van der Waals surface area (Å²) >= 11 is 0. The monoisotopic (exact) mass is 715 g/mol. The van der Waals surface area contributed by atoms with Crippen molar-refractivity contribution in [1.82, 2.24) is 0 Å². The molecule has 52 heavy (non-hydrogen) atoms. The molecule has 0 saturated carbocycles. The SMILES string of the molecule is COCCOCCOCCOc1cc2c3c(cc(OCCOCCOCCOC)c4c5ccc(N6CCCC6)c6cccc(c1c34)c65)C(=O)OC2=O. The summed E-state index contributed by atoms with van der Waals surface area (Å²) in [5.41, 5.74) is 1.72. The fourth-order valence-corrected chi connectivity index (χ4v) is 7.26. The molecule has 0 aromatic heterocycles. The first-order chi connectivity index (χ1) is 25.6. The van der Waals surface area contributed by atoms with Crippen LogP contribution in [-0.2, 0) is 33.2 Å². The first-order valence-electron chi connectivity index (χ1n) is 17.9. The summed E-state index contributed by atoms with van der Waals surface area (Å²) < 4.78 is 50.8. The quantitative estimate of drug-likeness (QED) is 0.0302. The van der Waals surface area contributed by atoms with Gasteiger partial charge in [-0.2, -0.15) is 0 Å². The lowest BCUT2D eigenvalue weighted by Crippen LogP contribution is -2.21. The number of anilines is 1. The molecule has 2 aliphatic rings. The largest absolute Gasteiger partial charge is 0.490 e. The van der Waals surface area contributed by atoms with Crippen LogP contribution in [0.5, 0.6) is 11.5 Å². The van der Waals surface area contributed by atoms with Crippen molar-refractivity contribution in [2.24, 2.45) is 0 Å². The molecule has 12 heteroatoms. The van der Waals surface area contributed by atoms with Crippen LogP contribution in [-0.4, -0.2) is 119 Å². The highest BCUT2D eigenvalue weighted by atomic mass is 16.6. The minimum Gasteiger partial charge on any atom is -0.490 e. The number of fused-ring (bicyclic) bond motifs is 2. The number of rotatable bonds is 21. The molecule has 0 N–H and O–H groups in total. The van der Waals surface area contributed by atoms with Gasteiger partial charge in [0.2, 0.25) is 0 Å². The standard InChI is InChI=1S/C40H45NO11/c1-44-12-14-46-16-18-48-20-22-50-32-24-29-35-30(40(43)52-39(29)42)25-33(51-23-21-49-19-17-47-15-13-45-2)37-28-8-9-31(41-10-3-4-11-41)26-6-5-7-27(34(26)28)36(32)38(35)37/h5-9,24-25H,3-4,10-23H2,1-2H3. The predicted octanol–water partition coefficient (Wildman–Crippen LogP) is 5.76. The van der Waals surface area contributed by atoms with E-state index >= 15 is 0 Å². The maximum absolute atomic E-state index is 13.3. The van der Waals surface area contributed by atoms with Crippen molar-refractivity contribution < 1.29 is 52.2 Å². The van der Waals surface area contributed by atoms with Gasteiger partial charge in [0.15, 0.2) is 0 Å². The normalized spacial score (nSPS) is 14.5. The van der Waals surface area contributed by atoms with Gasteiger partial charge in [0.05, 0.1) is 77.2 Å². The zero-order valence-electron chi connectivity index (χ0n) is 29.8. The van der Waals surface area contributed by atoms with Gasteiger partial charge in [-0.25, -0.2) is 9.59 Å². The Kier molecular flexibility index (Phi) is 11.8. The van der Waals surface area contributed by atoms with Crippen molar-refractivity contribution in [2.45, 2.75) is 12.8 Å². The third kappa shape index (κ3) is 7.32. The first kappa shape index (κ1) is 36.1. The molecule has 0 bridgehead atoms. The van der Waals surface area contributed by atoms with E-state index in [1.165, 1.54) is 5.69 Å². The zero-order valence-corrected chi connectivity index (χ0v) is 29.8. The highest BCUT2D eigenvalue weighted by molar-refractivity contribution is 6.40. The van der Waals surface area contributed by atoms with Crippen molar-refractivity contribution in [3.05, 3.63) is 53.6 Å². The van der Waals surface area contributed by atoms with E-state index in [0.29, 0.717) is 83.0 Å². The molecule has 0 radical (unpaired) electrons. The van der Waals surface area contributed by atoms with E-state index in [1.54, 1.807) is 26.4 Å². The highest BCUT2D eigenvalue weighted by Crippen LogP contribution is 2.51. The molecule has 0 atom stereocenters. The molecule has 0 aliphatic carbocycles. The zero-order chi connectivity index (χ0) is 35.9. The topological polar surface area (TPSA) is 120 Å². The Morgan fingerprint density at radius 2 is 1.02 bits per heavy atom. The number of carbonyl (C=O) groups is 2. The van der Waals surface area contributed by atoms with Crippen LogP contribution in [0.25, 0.3) is 43.1 Å². The highest BCUT2D eigenvalue weighted by Gasteiger charge is 2.34. The lowest BCUT2D eigenvalue weighted by atomic mass is 9.84. The van der Waals surface area contributed by atoms with Crippen LogP contribution < -0.4 is 14.4 Å². The van der Waals surface area contributed by atoms with Crippen molar-refractivity contribution in [1.29, 1.82) is 0 Å². The van der Waals surface area contributed by atoms with Gasteiger partial charge in [-0.05, 0) is 47.2 Å². The molecule has 0 unspecified atom stereocenters. The smallest absolute Gasteiger partial charge is 0.346 e. The van der Waals surface area contributed by atoms with Crippen LogP contribution in [0.4, 0.5) is 5.69 Å². The molecule has 2 aliphatic heterocycles. The van der Waals surface area contributed by atoms with Crippen molar-refractivity contribution in [2.75, 3.05) is 111 Å². The van der Waals surface area contributed by atoms with E-state index in [1.807, 2.05) is 0 Å². The van der Waals surface area contributed by atoms with Gasteiger partial charge in [-0.15, -0.1) is 0 Å². The van der Waals surface area contributed by atoms with E-state index in [2.05, 4.69) is 35.2 Å². The molecule has 0 amide bonds. The summed E-state index contributed by atoms with van der Waals surface area (Å²) in [6, 6.07) is 14.0. The van der Waals surface area contributed by atoms with Crippen LogP contribution in [0.1, 0.15) is 33.6 Å². The number of esters is 2. The fraction of sp³-hybridized carbons (Fsp3) is 0.450. The van der Waals surface area contributed by atoms with Crippen LogP contribution in [0.15, 0.2) is 42.5 Å². The summed E-state index contributed by atoms with van der Waals surface area (Å²) in [5, 5.41) is 6.96. The summed E-state index contributed by atoms with van der Waals surface area (Å²) in [6.07, 6.45) is 2.30. The van der Waals surface area contributed by atoms with Gasteiger partial charge < -0.3 is 47.5 Å². The summed E-state index contributed by atoms with van der Waals surface area (Å²) in [4.78, 5) is 29.1. The average Bonchev–Trinajstić information content (AvgIpc) is 3.70. The number of benzene rings is 5. The van der Waals surface area contributed by atoms with Crippen molar-refractivity contribution >= 4 is 60.7 Å². The molecule has 12 nitrogen and oxygen atoms in total. The molecule has 0 spiro atoms. The van der Waals surface area contributed by atoms with E-state index in [0.717, 1.165) is 63.6 Å². The van der Waals surface area contributed by atoms with Gasteiger partial charge >= 0.3 is 11.9 Å². The lowest BCUT2D eigenvalue weighted by Gasteiger charge is -2.26. The maximum atomic E-state index is 13.3. The Balaban J connectivity index is 1.30. The second kappa shape index (κ2) is 17.0. The molecule has 7 rings (SSSR count). The second-order valence-corrected chi connectivity index (χ2v) is 12.7. The number of hydrogen-bond acceptors (Lipinski definition) is 12. The van der Waals surface area contributed by atoms with Crippen LogP contribution in [0, 0.1) is 0 Å². The van der Waals surface area contributed by atoms with Crippen LogP contribution >= 0.6 is 0 Å². The molecular weight excluding hydrogens is 670 g/mol. The second-order valence-electron chi connectivity index (χ2n) is 12.7. The van der Waals surface area contributed by atoms with E-state index in [-0.39, 0.29) is 24.3 Å². The number of carbonyl (C=O) groups excluding carboxylic acids is 2. The molecule has 5 aromatic carbocycles. The Labute approximate surface area is 302 Å². The summed E-state index contributed by atoms with van der Waals surface area (Å²) in [5.74, 6) is -0.431. The Bertz CT molecular complexity index is 1930. The molecule has 5 aromatic rings. The molecule has 276 valence electrons. The number of methoxy groups -OCH3 is 2. The van der Waals surface area contributed by atoms with E-state index in [4.69, 9.17) is 42.6 Å². The minimum absolute atomic E-state index is 0.228. The minimum atomic E-state index is -0.715. The molecule has 1 saturated heterocycles. The molecule has 1 fully saturated rings. The average molecular weight is 716 g/mol. The molecule has 2 heterocycles. The fourth-order valence-electron chi connectivity index (χ4n) is 7.26. The Morgan fingerprint density at radius 1 is 0.538 bits per heavy atom. The van der Waals surface area contributed by atoms with Gasteiger partial charge in [-0.3, -0.25) is 0 Å². The van der Waals surface area contributed by atoms with Crippen LogP contribution in [0.2, 0.25) is 0 Å². The Morgan fingerprint density at radius 3 is 1.56 bits per heavy atom. The van der Waals surface area contributed by atoms with Gasteiger partial charge in [0.25, 0.3) is 0 Å². The summed E-state index contributed by atoms with van der Waals surface area (Å²) in [6.45, 7) is 6.80. The van der Waals surface area contributed by atoms with Gasteiger partial charge in [0, 0.05) is 59.9 Å². The number of hydrogen-bond donors (Lipinski definition) is 0. The van der Waals surface area contributed by atoms with Gasteiger partial charge in [-0.1, -0.05) is 24.3 Å². The third-order valence-corrected chi connectivity index (χ3v) is 9.54. The number of cyclic esters (lactones) is 2. The number of ether oxygens (including phenoxy) is 9. The Hall–Kier alpha value is -4.30. The van der Waals surface area contributed by atoms with Crippen molar-refractivity contribution in [3.63, 3.8) is 0 Å². The number of nitrogens with zero attached hydrogens (tertiary/aromatic N) is 1. The predicted molar refractivity (Wildman–Crippen MR) is 197 cm³/mol. The summed E-state index contributed by atoms with van der Waals surface area (Å²) in [7, 11) is 3.26. The maximum Gasteiger partial charge on any atom is 0.346 e. The van der Waals surface area contributed by atoms with Crippen molar-refractivity contribution in [3.8, 4) is 11.5 Å². The molecular formula is C40H45NO11. The van der Waals surface area contributed by atoms with Crippen LogP contribution in [0.3, 0.4) is 0 Å². The van der Waals surface area contributed by atoms with E-state index in [9.17, 15) is 9.59 Å².